The van der Waals surface area contributed by atoms with Crippen molar-refractivity contribution < 1.29 is 9.84 Å². The normalized spacial score (nSPS) is 32.2. The number of aliphatic hydroxyl groups is 1. The van der Waals surface area contributed by atoms with E-state index in [2.05, 4.69) is 13.8 Å². The van der Waals surface area contributed by atoms with Crippen molar-refractivity contribution in [2.45, 2.75) is 33.3 Å². The highest BCUT2D eigenvalue weighted by Crippen LogP contribution is 2.34. The van der Waals surface area contributed by atoms with Crippen molar-refractivity contribution in [3.63, 3.8) is 0 Å². The maximum atomic E-state index is 8.89. The molecule has 1 N–H and O–H groups in total. The standard InChI is InChI=1S/C9H18O2/c1-7(5-10)8-4-9(2,3)6-11-8/h7-8,10H,4-6H2,1-3H3/t7-,8?/m0/s1. The highest BCUT2D eigenvalue weighted by Gasteiger charge is 2.34. The summed E-state index contributed by atoms with van der Waals surface area (Å²) in [7, 11) is 0. The minimum absolute atomic E-state index is 0.237. The third-order valence-electron chi connectivity index (χ3n) is 2.36. The van der Waals surface area contributed by atoms with Gasteiger partial charge in [-0.05, 0) is 11.8 Å². The van der Waals surface area contributed by atoms with Crippen LogP contribution in [0.4, 0.5) is 0 Å². The highest BCUT2D eigenvalue weighted by atomic mass is 16.5. The van der Waals surface area contributed by atoms with Crippen molar-refractivity contribution in [3.05, 3.63) is 0 Å². The average molecular weight is 158 g/mol. The molecule has 0 aliphatic carbocycles. The number of ether oxygens (including phenoxy) is 1. The number of aliphatic hydroxyl groups excluding tert-OH is 1. The van der Waals surface area contributed by atoms with E-state index in [1.807, 2.05) is 6.92 Å². The summed E-state index contributed by atoms with van der Waals surface area (Å²) in [5.74, 6) is 0.289. The topological polar surface area (TPSA) is 29.5 Å². The fourth-order valence-corrected chi connectivity index (χ4v) is 1.48. The molecule has 1 heterocycles. The Morgan fingerprint density at radius 1 is 1.64 bits per heavy atom. The van der Waals surface area contributed by atoms with Crippen LogP contribution in [-0.4, -0.2) is 24.4 Å². The molecule has 0 radical (unpaired) electrons. The van der Waals surface area contributed by atoms with Crippen molar-refractivity contribution in [1.29, 1.82) is 0 Å². The van der Waals surface area contributed by atoms with Crippen LogP contribution in [0.1, 0.15) is 27.2 Å². The summed E-state index contributed by atoms with van der Waals surface area (Å²) in [4.78, 5) is 0. The molecule has 2 atom stereocenters. The summed E-state index contributed by atoms with van der Waals surface area (Å²) in [5.41, 5.74) is 0.314. The van der Waals surface area contributed by atoms with Crippen LogP contribution in [0.15, 0.2) is 0 Å². The molecule has 1 aliphatic rings. The van der Waals surface area contributed by atoms with Gasteiger partial charge in [-0.15, -0.1) is 0 Å². The predicted molar refractivity (Wildman–Crippen MR) is 44.4 cm³/mol. The Morgan fingerprint density at radius 3 is 2.64 bits per heavy atom. The Hall–Kier alpha value is -0.0800. The monoisotopic (exact) mass is 158 g/mol. The third-order valence-corrected chi connectivity index (χ3v) is 2.36. The molecule has 1 saturated heterocycles. The van der Waals surface area contributed by atoms with E-state index in [1.54, 1.807) is 0 Å². The first-order valence-electron chi connectivity index (χ1n) is 4.27. The zero-order valence-electron chi connectivity index (χ0n) is 7.63. The highest BCUT2D eigenvalue weighted by molar-refractivity contribution is 4.82. The molecular weight excluding hydrogens is 140 g/mol. The predicted octanol–water partition coefficient (Wildman–Crippen LogP) is 1.43. The smallest absolute Gasteiger partial charge is 0.0628 e. The van der Waals surface area contributed by atoms with E-state index in [0.29, 0.717) is 5.41 Å². The molecule has 2 nitrogen and oxygen atoms in total. The minimum atomic E-state index is 0.237. The van der Waals surface area contributed by atoms with Crippen LogP contribution < -0.4 is 0 Å². The molecule has 11 heavy (non-hydrogen) atoms. The van der Waals surface area contributed by atoms with E-state index in [1.165, 1.54) is 0 Å². The molecule has 1 fully saturated rings. The molecule has 2 heteroatoms. The van der Waals surface area contributed by atoms with Gasteiger partial charge in [0.05, 0.1) is 12.7 Å². The summed E-state index contributed by atoms with van der Waals surface area (Å²) in [5, 5.41) is 8.89. The maximum Gasteiger partial charge on any atom is 0.0628 e. The van der Waals surface area contributed by atoms with Gasteiger partial charge >= 0.3 is 0 Å². The van der Waals surface area contributed by atoms with Gasteiger partial charge in [0, 0.05) is 12.5 Å². The lowest BCUT2D eigenvalue weighted by molar-refractivity contribution is 0.0409. The zero-order chi connectivity index (χ0) is 8.48. The average Bonchev–Trinajstić information content (AvgIpc) is 2.29. The fourth-order valence-electron chi connectivity index (χ4n) is 1.48. The number of hydrogen-bond donors (Lipinski definition) is 1. The third kappa shape index (κ3) is 2.17. The van der Waals surface area contributed by atoms with Crippen LogP contribution in [-0.2, 0) is 4.74 Å². The molecule has 0 amide bonds. The quantitative estimate of drug-likeness (QED) is 0.658. The fraction of sp³-hybridized carbons (Fsp3) is 1.00. The minimum Gasteiger partial charge on any atom is -0.396 e. The van der Waals surface area contributed by atoms with Gasteiger partial charge in [-0.25, -0.2) is 0 Å². The van der Waals surface area contributed by atoms with Crippen molar-refractivity contribution in [2.24, 2.45) is 11.3 Å². The van der Waals surface area contributed by atoms with Crippen molar-refractivity contribution >= 4 is 0 Å². The first-order valence-corrected chi connectivity index (χ1v) is 4.27. The van der Waals surface area contributed by atoms with Gasteiger partial charge in [-0.3, -0.25) is 0 Å². The second-order valence-corrected chi connectivity index (χ2v) is 4.38. The molecule has 0 spiro atoms. The van der Waals surface area contributed by atoms with Crippen molar-refractivity contribution in [2.75, 3.05) is 13.2 Å². The molecule has 1 unspecified atom stereocenters. The van der Waals surface area contributed by atoms with E-state index in [-0.39, 0.29) is 18.6 Å². The molecule has 0 aromatic carbocycles. The Labute approximate surface area is 68.6 Å². The van der Waals surface area contributed by atoms with E-state index in [9.17, 15) is 0 Å². The first kappa shape index (κ1) is 9.01. The van der Waals surface area contributed by atoms with Crippen LogP contribution in [0.25, 0.3) is 0 Å². The molecule has 0 aromatic rings. The summed E-state index contributed by atoms with van der Waals surface area (Å²) < 4.78 is 5.56. The van der Waals surface area contributed by atoms with Crippen molar-refractivity contribution in [3.8, 4) is 0 Å². The first-order chi connectivity index (χ1) is 5.05. The summed E-state index contributed by atoms with van der Waals surface area (Å²) in [6, 6.07) is 0. The molecule has 0 bridgehead atoms. The van der Waals surface area contributed by atoms with Gasteiger partial charge in [0.15, 0.2) is 0 Å². The summed E-state index contributed by atoms with van der Waals surface area (Å²) in [6.45, 7) is 7.52. The Kier molecular flexibility index (Phi) is 2.55. The molecule has 1 rings (SSSR count). The van der Waals surface area contributed by atoms with Gasteiger partial charge in [-0.2, -0.15) is 0 Å². The largest absolute Gasteiger partial charge is 0.396 e. The number of hydrogen-bond acceptors (Lipinski definition) is 2. The summed E-state index contributed by atoms with van der Waals surface area (Å²) >= 11 is 0. The summed E-state index contributed by atoms with van der Waals surface area (Å²) in [6.07, 6.45) is 1.35. The lowest BCUT2D eigenvalue weighted by atomic mass is 9.87. The molecule has 66 valence electrons. The lowest BCUT2D eigenvalue weighted by Crippen LogP contribution is -2.20. The van der Waals surface area contributed by atoms with Crippen LogP contribution in [0.2, 0.25) is 0 Å². The van der Waals surface area contributed by atoms with E-state index in [4.69, 9.17) is 9.84 Å². The van der Waals surface area contributed by atoms with Crippen LogP contribution >= 0.6 is 0 Å². The van der Waals surface area contributed by atoms with Crippen LogP contribution in [0.5, 0.6) is 0 Å². The maximum absolute atomic E-state index is 8.89. The Bertz CT molecular complexity index is 132. The van der Waals surface area contributed by atoms with Gasteiger partial charge in [0.2, 0.25) is 0 Å². The molecular formula is C9H18O2. The lowest BCUT2D eigenvalue weighted by Gasteiger charge is -2.17. The van der Waals surface area contributed by atoms with E-state index < -0.39 is 0 Å². The van der Waals surface area contributed by atoms with Crippen molar-refractivity contribution in [1.82, 2.24) is 0 Å². The van der Waals surface area contributed by atoms with Gasteiger partial charge in [0.25, 0.3) is 0 Å². The van der Waals surface area contributed by atoms with E-state index >= 15 is 0 Å². The molecule has 0 aromatic heterocycles. The van der Waals surface area contributed by atoms with Crippen LogP contribution in [0, 0.1) is 11.3 Å². The Balaban J connectivity index is 2.41. The van der Waals surface area contributed by atoms with Gasteiger partial charge < -0.3 is 9.84 Å². The van der Waals surface area contributed by atoms with Gasteiger partial charge in [0.1, 0.15) is 0 Å². The van der Waals surface area contributed by atoms with Gasteiger partial charge in [-0.1, -0.05) is 20.8 Å². The SMILES string of the molecule is C[C@@H](CO)C1CC(C)(C)CO1. The zero-order valence-corrected chi connectivity index (χ0v) is 7.63. The number of rotatable bonds is 2. The molecule has 1 aliphatic heterocycles. The van der Waals surface area contributed by atoms with E-state index in [0.717, 1.165) is 13.0 Å². The molecule has 0 saturated carbocycles. The second kappa shape index (κ2) is 3.11. The van der Waals surface area contributed by atoms with Crippen LogP contribution in [0.3, 0.4) is 0 Å². The Morgan fingerprint density at radius 2 is 2.27 bits per heavy atom. The second-order valence-electron chi connectivity index (χ2n) is 4.38.